The van der Waals surface area contributed by atoms with E-state index in [1.165, 1.54) is 4.31 Å². The van der Waals surface area contributed by atoms with Crippen molar-refractivity contribution in [3.63, 3.8) is 0 Å². The molecule has 254 valence electrons. The predicted molar refractivity (Wildman–Crippen MR) is 187 cm³/mol. The molecule has 2 aliphatic rings. The molecule has 3 aromatic rings. The Morgan fingerprint density at radius 2 is 1.56 bits per heavy atom. The van der Waals surface area contributed by atoms with Gasteiger partial charge >= 0.3 is 0 Å². The van der Waals surface area contributed by atoms with Crippen LogP contribution >= 0.6 is 11.6 Å². The molecule has 0 spiro atoms. The van der Waals surface area contributed by atoms with Gasteiger partial charge in [0.25, 0.3) is 0 Å². The number of carbonyl (C=O) groups is 1. The molecule has 1 aliphatic carbocycles. The molecule has 2 unspecified atom stereocenters. The highest BCUT2D eigenvalue weighted by atomic mass is 35.5. The zero-order chi connectivity index (χ0) is 34.3. The molecule has 1 aliphatic heterocycles. The van der Waals surface area contributed by atoms with Crippen molar-refractivity contribution in [1.29, 1.82) is 0 Å². The lowest BCUT2D eigenvalue weighted by Gasteiger charge is -2.33. The third-order valence-corrected chi connectivity index (χ3v) is 10.4. The number of fused-ring (bicyclic) bond motifs is 1. The number of ether oxygens (including phenoxy) is 3. The molecule has 0 bridgehead atoms. The first-order valence-electron chi connectivity index (χ1n) is 15.7. The molecule has 1 amide bonds. The third-order valence-electron chi connectivity index (χ3n) is 8.10. The summed E-state index contributed by atoms with van der Waals surface area (Å²) < 4.78 is 47.5. The van der Waals surface area contributed by atoms with Crippen LogP contribution in [0.2, 0.25) is 5.02 Å². The van der Waals surface area contributed by atoms with Crippen molar-refractivity contribution in [1.82, 2.24) is 14.6 Å². The number of hydrazone groups is 1. The van der Waals surface area contributed by atoms with Gasteiger partial charge < -0.3 is 19.5 Å². The molecule has 0 saturated heterocycles. The van der Waals surface area contributed by atoms with E-state index in [4.69, 9.17) is 25.8 Å². The van der Waals surface area contributed by atoms with Crippen molar-refractivity contribution in [2.24, 2.45) is 11.0 Å². The number of benzene rings is 3. The maximum Gasteiger partial charge on any atom is 0.240 e. The summed E-state index contributed by atoms with van der Waals surface area (Å²) in [5, 5.41) is 9.83. The number of hydrogen-bond donors (Lipinski definition) is 1. The van der Waals surface area contributed by atoms with E-state index < -0.39 is 22.0 Å². The molecule has 1 N–H and O–H groups in total. The molecule has 0 fully saturated rings. The zero-order valence-corrected chi connectivity index (χ0v) is 29.1. The highest BCUT2D eigenvalue weighted by molar-refractivity contribution is 7.93. The Labute approximate surface area is 287 Å². The van der Waals surface area contributed by atoms with Crippen LogP contribution in [0.4, 0.5) is 0 Å². The largest absolute Gasteiger partial charge is 0.497 e. The monoisotopic (exact) mass is 692 g/mol. The van der Waals surface area contributed by atoms with Crippen LogP contribution in [0.15, 0.2) is 101 Å². The molecule has 1 heterocycles. The molecule has 10 nitrogen and oxygen atoms in total. The van der Waals surface area contributed by atoms with Crippen LogP contribution in [0.1, 0.15) is 30.5 Å². The van der Waals surface area contributed by atoms with Crippen LogP contribution in [-0.4, -0.2) is 69.4 Å². The lowest BCUT2D eigenvalue weighted by molar-refractivity contribution is -0.119. The maximum atomic E-state index is 14.8. The van der Waals surface area contributed by atoms with E-state index in [1.807, 2.05) is 55.3 Å². The molecule has 0 radical (unpaired) electrons. The van der Waals surface area contributed by atoms with E-state index in [2.05, 4.69) is 10.4 Å². The van der Waals surface area contributed by atoms with Gasteiger partial charge in [-0.15, -0.1) is 0 Å². The van der Waals surface area contributed by atoms with Crippen LogP contribution in [0.5, 0.6) is 11.5 Å². The Morgan fingerprint density at radius 3 is 2.12 bits per heavy atom. The Bertz CT molecular complexity index is 1730. The number of nitrogens with one attached hydrogen (secondary N) is 1. The van der Waals surface area contributed by atoms with Crippen molar-refractivity contribution in [3.05, 3.63) is 117 Å². The zero-order valence-electron chi connectivity index (χ0n) is 27.5. The second-order valence-electron chi connectivity index (χ2n) is 11.8. The quantitative estimate of drug-likeness (QED) is 0.223. The van der Waals surface area contributed by atoms with Gasteiger partial charge in [-0.25, -0.2) is 8.42 Å². The van der Waals surface area contributed by atoms with E-state index in [9.17, 15) is 13.2 Å². The lowest BCUT2D eigenvalue weighted by atomic mass is 9.95. The Kier molecular flexibility index (Phi) is 11.6. The van der Waals surface area contributed by atoms with Gasteiger partial charge in [-0.2, -0.15) is 9.41 Å². The van der Waals surface area contributed by atoms with Crippen LogP contribution in [0, 0.1) is 5.92 Å². The Hall–Kier alpha value is -4.16. The van der Waals surface area contributed by atoms with Gasteiger partial charge in [0, 0.05) is 30.0 Å². The maximum absolute atomic E-state index is 14.8. The van der Waals surface area contributed by atoms with Crippen molar-refractivity contribution >= 4 is 33.7 Å². The summed E-state index contributed by atoms with van der Waals surface area (Å²) in [5.74, 6) is 0.453. The molecule has 0 aromatic heterocycles. The average Bonchev–Trinajstić information content (AvgIpc) is 3.48. The number of carbonyl (C=O) groups excluding carboxylic acids is 1. The van der Waals surface area contributed by atoms with E-state index in [1.54, 1.807) is 69.0 Å². The van der Waals surface area contributed by atoms with Gasteiger partial charge in [0.15, 0.2) is 0 Å². The molecule has 5 rings (SSSR count). The van der Waals surface area contributed by atoms with Gasteiger partial charge in [-0.3, -0.25) is 9.80 Å². The van der Waals surface area contributed by atoms with Crippen LogP contribution in [0.25, 0.3) is 0 Å². The van der Waals surface area contributed by atoms with E-state index in [0.29, 0.717) is 40.9 Å². The summed E-state index contributed by atoms with van der Waals surface area (Å²) >= 11 is 6.32. The molecular weight excluding hydrogens is 652 g/mol. The number of nitrogens with zero attached hydrogens (tertiary/aromatic N) is 3. The molecule has 48 heavy (non-hydrogen) atoms. The second-order valence-corrected chi connectivity index (χ2v) is 14.2. The predicted octanol–water partition coefficient (Wildman–Crippen LogP) is 5.54. The summed E-state index contributed by atoms with van der Waals surface area (Å²) in [6, 6.07) is 21.3. The minimum atomic E-state index is -4.13. The lowest BCUT2D eigenvalue weighted by Crippen LogP contribution is -2.42. The Morgan fingerprint density at radius 1 is 0.958 bits per heavy atom. The van der Waals surface area contributed by atoms with E-state index >= 15 is 0 Å². The summed E-state index contributed by atoms with van der Waals surface area (Å²) in [6.45, 7) is 4.98. The highest BCUT2D eigenvalue weighted by Crippen LogP contribution is 2.36. The Balaban J connectivity index is 1.49. The standard InChI is InChI=1S/C36H41ClN4O6S/c1-25(2)47-18-17-41-34-20-29(39-36(42)19-28-7-5-6-8-33(28)37)21-35(32(34)22-38-41)48(43,44)40(23-26-9-13-30(45-3)14-10-26)24-27-11-15-31(46-4)16-12-27/h5-16,20-22,25,32,34H,17-19,23-24H2,1-4H3,(H,39,42). The fraction of sp³-hybridized carbons (Fsp3) is 0.333. The number of rotatable bonds is 15. The normalized spacial score (nSPS) is 17.3. The number of amides is 1. The second kappa shape index (κ2) is 15.8. The highest BCUT2D eigenvalue weighted by Gasteiger charge is 2.42. The van der Waals surface area contributed by atoms with Gasteiger partial charge in [0.1, 0.15) is 11.5 Å². The SMILES string of the molecule is COc1ccc(CN(Cc2ccc(OC)cc2)S(=O)(=O)C2=CC(NC(=O)Cc3ccccc3Cl)=CC3C2C=NN3CCOC(C)C)cc1. The minimum absolute atomic E-state index is 0.0323. The molecule has 12 heteroatoms. The summed E-state index contributed by atoms with van der Waals surface area (Å²) in [7, 11) is -0.959. The summed E-state index contributed by atoms with van der Waals surface area (Å²) in [4.78, 5) is 13.4. The van der Waals surface area contributed by atoms with Gasteiger partial charge in [0.05, 0.1) is 56.8 Å². The molecule has 0 saturated carbocycles. The first kappa shape index (κ1) is 35.2. The molecular formula is C36H41ClN4O6S. The van der Waals surface area contributed by atoms with E-state index in [-0.39, 0.29) is 36.4 Å². The average molecular weight is 693 g/mol. The summed E-state index contributed by atoms with van der Waals surface area (Å²) in [6.07, 6.45) is 5.14. The molecule has 3 aromatic carbocycles. The fourth-order valence-corrected chi connectivity index (χ4v) is 7.56. The van der Waals surface area contributed by atoms with Crippen molar-refractivity contribution in [2.75, 3.05) is 27.4 Å². The van der Waals surface area contributed by atoms with Crippen molar-refractivity contribution in [3.8, 4) is 11.5 Å². The van der Waals surface area contributed by atoms with Crippen LogP contribution < -0.4 is 14.8 Å². The number of sulfonamides is 1. The first-order chi connectivity index (χ1) is 23.1. The summed E-state index contributed by atoms with van der Waals surface area (Å²) in [5.41, 5.74) is 2.63. The first-order valence-corrected chi connectivity index (χ1v) is 17.5. The van der Waals surface area contributed by atoms with Crippen LogP contribution in [0.3, 0.4) is 0 Å². The van der Waals surface area contributed by atoms with Gasteiger partial charge in [-0.1, -0.05) is 54.1 Å². The van der Waals surface area contributed by atoms with Crippen molar-refractivity contribution < 1.29 is 27.4 Å². The number of halogens is 1. The fourth-order valence-electron chi connectivity index (χ4n) is 5.60. The minimum Gasteiger partial charge on any atom is -0.497 e. The van der Waals surface area contributed by atoms with Crippen molar-refractivity contribution in [2.45, 2.75) is 45.5 Å². The molecule has 2 atom stereocenters. The van der Waals surface area contributed by atoms with Crippen LogP contribution in [-0.2, 0) is 39.1 Å². The topological polar surface area (TPSA) is 110 Å². The smallest absolute Gasteiger partial charge is 0.240 e. The third kappa shape index (κ3) is 8.65. The number of hydrogen-bond acceptors (Lipinski definition) is 8. The number of methoxy groups -OCH3 is 2. The van der Waals surface area contributed by atoms with E-state index in [0.717, 1.165) is 11.1 Å². The number of allylic oxidation sites excluding steroid dienone is 1. The van der Waals surface area contributed by atoms with Gasteiger partial charge in [-0.05, 0) is 73.0 Å². The van der Waals surface area contributed by atoms with Gasteiger partial charge in [0.2, 0.25) is 15.9 Å².